The number of hydrogen-bond donors (Lipinski definition) is 3. The first-order valence-corrected chi connectivity index (χ1v) is 8.40. The fraction of sp³-hybridized carbons (Fsp3) is 0.333. The summed E-state index contributed by atoms with van der Waals surface area (Å²) in [5, 5.41) is 10.3. The predicted molar refractivity (Wildman–Crippen MR) is 89.1 cm³/mol. The normalized spacial score (nSPS) is 12.4. The fourth-order valence-electron chi connectivity index (χ4n) is 2.25. The molecular weight excluding hydrogens is 312 g/mol. The van der Waals surface area contributed by atoms with E-state index in [0.717, 1.165) is 29.1 Å². The number of H-pyrrole nitrogens is 2. The van der Waals surface area contributed by atoms with E-state index < -0.39 is 0 Å². The number of thioether (sulfide) groups is 1. The molecule has 0 unspecified atom stereocenters. The van der Waals surface area contributed by atoms with E-state index >= 15 is 0 Å². The summed E-state index contributed by atoms with van der Waals surface area (Å²) in [5.41, 5.74) is 1.88. The molecule has 0 aliphatic carbocycles. The minimum absolute atomic E-state index is 0.0650. The number of carbonyl (C=O) groups is 1. The van der Waals surface area contributed by atoms with Gasteiger partial charge in [-0.25, -0.2) is 9.97 Å². The molecule has 8 heteroatoms. The van der Waals surface area contributed by atoms with Crippen molar-refractivity contribution >= 4 is 28.7 Å². The van der Waals surface area contributed by atoms with E-state index in [2.05, 4.69) is 30.5 Å². The number of fused-ring (bicyclic) bond motifs is 1. The fourth-order valence-corrected chi connectivity index (χ4v) is 2.91. The first-order chi connectivity index (χ1) is 11.2. The van der Waals surface area contributed by atoms with Crippen LogP contribution in [-0.4, -0.2) is 36.8 Å². The monoisotopic (exact) mass is 330 g/mol. The standard InChI is InChI=1S/C15H18N6OS/c1-3-10(14-18-11-6-4-5-7-12(11)19-14)17-13(22)8-23-15-16-9(2)20-21-15/h4-7,10H,3,8H2,1-2H3,(H,17,22)(H,18,19)(H,16,20,21)/t10-/m0/s1. The number of amides is 1. The van der Waals surface area contributed by atoms with E-state index in [-0.39, 0.29) is 17.7 Å². The van der Waals surface area contributed by atoms with Crippen molar-refractivity contribution in [2.24, 2.45) is 0 Å². The third-order valence-corrected chi connectivity index (χ3v) is 4.24. The molecule has 120 valence electrons. The molecule has 0 radical (unpaired) electrons. The van der Waals surface area contributed by atoms with Gasteiger partial charge in [-0.05, 0) is 25.5 Å². The van der Waals surface area contributed by atoms with Gasteiger partial charge in [-0.15, -0.1) is 5.10 Å². The minimum atomic E-state index is -0.135. The lowest BCUT2D eigenvalue weighted by molar-refractivity contribution is -0.119. The number of aryl methyl sites for hydroxylation is 1. The molecule has 0 saturated carbocycles. The van der Waals surface area contributed by atoms with Crippen molar-refractivity contribution in [1.29, 1.82) is 0 Å². The summed E-state index contributed by atoms with van der Waals surface area (Å²) < 4.78 is 0. The van der Waals surface area contributed by atoms with Gasteiger partial charge in [0.1, 0.15) is 11.6 Å². The maximum Gasteiger partial charge on any atom is 0.231 e. The van der Waals surface area contributed by atoms with Crippen LogP contribution in [0.25, 0.3) is 11.0 Å². The van der Waals surface area contributed by atoms with Crippen molar-refractivity contribution in [3.63, 3.8) is 0 Å². The maximum absolute atomic E-state index is 12.1. The average Bonchev–Trinajstić information content (AvgIpc) is 3.16. The number of benzene rings is 1. The van der Waals surface area contributed by atoms with Gasteiger partial charge >= 0.3 is 0 Å². The topological polar surface area (TPSA) is 99.3 Å². The third kappa shape index (κ3) is 3.70. The number of aromatic amines is 2. The molecule has 1 aromatic carbocycles. The summed E-state index contributed by atoms with van der Waals surface area (Å²) in [4.78, 5) is 24.1. The van der Waals surface area contributed by atoms with Gasteiger partial charge in [0.2, 0.25) is 11.1 Å². The van der Waals surface area contributed by atoms with Crippen LogP contribution >= 0.6 is 11.8 Å². The van der Waals surface area contributed by atoms with Crippen LogP contribution in [0.2, 0.25) is 0 Å². The lowest BCUT2D eigenvalue weighted by atomic mass is 10.2. The van der Waals surface area contributed by atoms with E-state index in [0.29, 0.717) is 5.16 Å². The average molecular weight is 330 g/mol. The summed E-state index contributed by atoms with van der Waals surface area (Å²) >= 11 is 1.31. The van der Waals surface area contributed by atoms with Crippen molar-refractivity contribution in [1.82, 2.24) is 30.5 Å². The van der Waals surface area contributed by atoms with Gasteiger partial charge in [-0.3, -0.25) is 9.89 Å². The Bertz CT molecular complexity index is 778. The van der Waals surface area contributed by atoms with E-state index in [1.807, 2.05) is 38.1 Å². The molecule has 23 heavy (non-hydrogen) atoms. The van der Waals surface area contributed by atoms with Crippen molar-refractivity contribution in [2.75, 3.05) is 5.75 Å². The largest absolute Gasteiger partial charge is 0.345 e. The van der Waals surface area contributed by atoms with Crippen molar-refractivity contribution < 1.29 is 4.79 Å². The molecule has 3 rings (SSSR count). The van der Waals surface area contributed by atoms with E-state index in [1.54, 1.807) is 0 Å². The lowest BCUT2D eigenvalue weighted by Gasteiger charge is -2.14. The highest BCUT2D eigenvalue weighted by molar-refractivity contribution is 7.99. The van der Waals surface area contributed by atoms with Crippen molar-refractivity contribution in [3.05, 3.63) is 35.9 Å². The first-order valence-electron chi connectivity index (χ1n) is 7.41. The highest BCUT2D eigenvalue weighted by Gasteiger charge is 2.17. The number of carbonyl (C=O) groups excluding carboxylic acids is 1. The number of nitrogens with one attached hydrogen (secondary N) is 3. The van der Waals surface area contributed by atoms with Crippen LogP contribution in [0.4, 0.5) is 0 Å². The maximum atomic E-state index is 12.1. The Morgan fingerprint density at radius 3 is 2.87 bits per heavy atom. The second kappa shape index (κ2) is 6.82. The predicted octanol–water partition coefficient (Wildman–Crippen LogP) is 2.35. The number of rotatable bonds is 6. The van der Waals surface area contributed by atoms with E-state index in [1.165, 1.54) is 11.8 Å². The zero-order valence-electron chi connectivity index (χ0n) is 13.0. The Morgan fingerprint density at radius 2 is 2.17 bits per heavy atom. The van der Waals surface area contributed by atoms with Crippen molar-refractivity contribution in [2.45, 2.75) is 31.5 Å². The van der Waals surface area contributed by atoms with E-state index in [4.69, 9.17) is 0 Å². The highest BCUT2D eigenvalue weighted by Crippen LogP contribution is 2.19. The number of hydrogen-bond acceptors (Lipinski definition) is 5. The van der Waals surface area contributed by atoms with Crippen LogP contribution in [0.15, 0.2) is 29.4 Å². The molecule has 1 amide bonds. The molecular formula is C15H18N6OS. The molecule has 0 bridgehead atoms. The van der Waals surface area contributed by atoms with Gasteiger partial charge in [-0.2, -0.15) is 0 Å². The van der Waals surface area contributed by atoms with Gasteiger partial charge in [0, 0.05) is 0 Å². The summed E-state index contributed by atoms with van der Waals surface area (Å²) in [6.45, 7) is 3.84. The zero-order chi connectivity index (χ0) is 16.2. The molecule has 2 heterocycles. The molecule has 0 saturated heterocycles. The molecule has 1 atom stereocenters. The van der Waals surface area contributed by atoms with Gasteiger partial charge in [0.25, 0.3) is 0 Å². The quantitative estimate of drug-likeness (QED) is 0.603. The van der Waals surface area contributed by atoms with Crippen LogP contribution in [0.1, 0.15) is 31.0 Å². The number of para-hydroxylation sites is 2. The molecule has 3 N–H and O–H groups in total. The second-order valence-electron chi connectivity index (χ2n) is 5.16. The number of nitrogens with zero attached hydrogens (tertiary/aromatic N) is 3. The Balaban J connectivity index is 1.63. The molecule has 0 spiro atoms. The third-order valence-electron chi connectivity index (χ3n) is 3.39. The summed E-state index contributed by atoms with van der Waals surface area (Å²) in [6, 6.07) is 7.69. The number of imidazole rings is 1. The Hall–Kier alpha value is -2.35. The Morgan fingerprint density at radius 1 is 1.35 bits per heavy atom. The van der Waals surface area contributed by atoms with Crippen LogP contribution in [0.3, 0.4) is 0 Å². The molecule has 3 aromatic rings. The highest BCUT2D eigenvalue weighted by atomic mass is 32.2. The SMILES string of the molecule is CC[C@H](NC(=O)CSc1n[nH]c(C)n1)c1nc2ccccc2[nH]1. The second-order valence-corrected chi connectivity index (χ2v) is 6.10. The molecule has 0 aliphatic heterocycles. The smallest absolute Gasteiger partial charge is 0.231 e. The van der Waals surface area contributed by atoms with Gasteiger partial charge in [0.15, 0.2) is 0 Å². The first kappa shape index (κ1) is 15.5. The summed E-state index contributed by atoms with van der Waals surface area (Å²) in [5.74, 6) is 1.72. The molecule has 0 fully saturated rings. The van der Waals surface area contributed by atoms with Crippen LogP contribution in [-0.2, 0) is 4.79 Å². The van der Waals surface area contributed by atoms with Crippen molar-refractivity contribution in [3.8, 4) is 0 Å². The number of aromatic nitrogens is 5. The molecule has 7 nitrogen and oxygen atoms in total. The molecule has 2 aromatic heterocycles. The lowest BCUT2D eigenvalue weighted by Crippen LogP contribution is -2.30. The van der Waals surface area contributed by atoms with Gasteiger partial charge in [-0.1, -0.05) is 30.8 Å². The van der Waals surface area contributed by atoms with Gasteiger partial charge < -0.3 is 10.3 Å². The zero-order valence-corrected chi connectivity index (χ0v) is 13.8. The molecule has 0 aliphatic rings. The minimum Gasteiger partial charge on any atom is -0.345 e. The summed E-state index contributed by atoms with van der Waals surface area (Å²) in [7, 11) is 0. The van der Waals surface area contributed by atoms with Crippen LogP contribution in [0, 0.1) is 6.92 Å². The Labute approximate surface area is 137 Å². The van der Waals surface area contributed by atoms with Crippen LogP contribution in [0.5, 0.6) is 0 Å². The van der Waals surface area contributed by atoms with Crippen LogP contribution < -0.4 is 5.32 Å². The van der Waals surface area contributed by atoms with E-state index in [9.17, 15) is 4.79 Å². The summed E-state index contributed by atoms with van der Waals surface area (Å²) in [6.07, 6.45) is 0.760. The Kier molecular flexibility index (Phi) is 4.61. The van der Waals surface area contributed by atoms with Gasteiger partial charge in [0.05, 0.1) is 22.8 Å².